The number of aliphatic hydroxyl groups excluding tert-OH is 1. The van der Waals surface area contributed by atoms with Gasteiger partial charge in [-0.05, 0) is 53.8 Å². The van der Waals surface area contributed by atoms with E-state index < -0.39 is 0 Å². The molecule has 0 radical (unpaired) electrons. The van der Waals surface area contributed by atoms with Crippen molar-refractivity contribution in [1.29, 1.82) is 0 Å². The molecule has 0 atom stereocenters. The van der Waals surface area contributed by atoms with Gasteiger partial charge >= 0.3 is 0 Å². The van der Waals surface area contributed by atoms with E-state index >= 15 is 0 Å². The predicted molar refractivity (Wildman–Crippen MR) is 102 cm³/mol. The molecule has 0 aliphatic rings. The number of phenols is 1. The van der Waals surface area contributed by atoms with E-state index in [1.165, 1.54) is 7.11 Å². The zero-order chi connectivity index (χ0) is 18.5. The van der Waals surface area contributed by atoms with E-state index in [0.29, 0.717) is 17.0 Å². The molecule has 2 aromatic carbocycles. The number of nitrogens with one attached hydrogen (secondary N) is 1. The van der Waals surface area contributed by atoms with Gasteiger partial charge in [0.15, 0.2) is 11.5 Å². The van der Waals surface area contributed by atoms with Gasteiger partial charge in [-0.25, -0.2) is 0 Å². The second-order valence-corrected chi connectivity index (χ2v) is 6.06. The van der Waals surface area contributed by atoms with E-state index in [-0.39, 0.29) is 17.9 Å². The number of hydrogen-bond donors (Lipinski definition) is 3. The minimum atomic E-state index is -0.211. The predicted octanol–water partition coefficient (Wildman–Crippen LogP) is 3.35. The van der Waals surface area contributed by atoms with Crippen LogP contribution in [0.5, 0.6) is 11.5 Å². The fraction of sp³-hybridized carbons (Fsp3) is 0.190. The van der Waals surface area contributed by atoms with Crippen LogP contribution in [0.1, 0.15) is 12.0 Å². The topological polar surface area (TPSA) is 82.5 Å². The molecule has 3 rings (SSSR count). The molecule has 134 valence electrons. The molecule has 5 nitrogen and oxygen atoms in total. The number of pyridine rings is 1. The van der Waals surface area contributed by atoms with Crippen LogP contribution in [0.2, 0.25) is 0 Å². The largest absolute Gasteiger partial charge is 0.504 e. The molecule has 0 amide bonds. The van der Waals surface area contributed by atoms with Crippen molar-refractivity contribution in [2.75, 3.05) is 13.7 Å². The van der Waals surface area contributed by atoms with Crippen molar-refractivity contribution in [3.63, 3.8) is 0 Å². The lowest BCUT2D eigenvalue weighted by Gasteiger charge is -2.09. The number of aryl methyl sites for hydroxylation is 1. The number of aromatic hydroxyl groups is 1. The molecule has 5 heteroatoms. The number of hydrogen-bond acceptors (Lipinski definition) is 4. The number of H-pyrrole nitrogens is 1. The van der Waals surface area contributed by atoms with Crippen molar-refractivity contribution in [3.8, 4) is 33.9 Å². The Hall–Kier alpha value is -3.05. The van der Waals surface area contributed by atoms with Crippen molar-refractivity contribution in [3.05, 3.63) is 70.5 Å². The summed E-state index contributed by atoms with van der Waals surface area (Å²) in [7, 11) is 1.49. The van der Waals surface area contributed by atoms with Gasteiger partial charge in [0, 0.05) is 23.9 Å². The maximum Gasteiger partial charge on any atom is 0.249 e. The highest BCUT2D eigenvalue weighted by molar-refractivity contribution is 5.71. The lowest BCUT2D eigenvalue weighted by molar-refractivity contribution is 0.288. The highest BCUT2D eigenvalue weighted by Crippen LogP contribution is 2.31. The summed E-state index contributed by atoms with van der Waals surface area (Å²) in [6.45, 7) is 0.174. The Morgan fingerprint density at radius 1 is 0.962 bits per heavy atom. The van der Waals surface area contributed by atoms with Crippen LogP contribution in [0.25, 0.3) is 22.4 Å². The summed E-state index contributed by atoms with van der Waals surface area (Å²) in [6.07, 6.45) is 1.55. The third-order valence-corrected chi connectivity index (χ3v) is 4.24. The first kappa shape index (κ1) is 17.8. The molecule has 0 saturated carbocycles. The molecule has 0 aliphatic carbocycles. The lowest BCUT2D eigenvalue weighted by atomic mass is 10.0. The second kappa shape index (κ2) is 7.89. The second-order valence-electron chi connectivity index (χ2n) is 6.06. The molecule has 1 heterocycles. The number of aromatic amines is 1. The highest BCUT2D eigenvalue weighted by atomic mass is 16.5. The Balaban J connectivity index is 1.95. The zero-order valence-electron chi connectivity index (χ0n) is 14.5. The number of rotatable bonds is 6. The Bertz CT molecular complexity index is 945. The van der Waals surface area contributed by atoms with Crippen LogP contribution in [-0.4, -0.2) is 28.9 Å². The molecule has 3 N–H and O–H groups in total. The average molecular weight is 351 g/mol. The van der Waals surface area contributed by atoms with Crippen molar-refractivity contribution in [1.82, 2.24) is 4.98 Å². The number of aliphatic hydroxyl groups is 1. The first-order chi connectivity index (χ1) is 12.6. The van der Waals surface area contributed by atoms with Crippen LogP contribution in [0.15, 0.2) is 59.4 Å². The summed E-state index contributed by atoms with van der Waals surface area (Å²) < 4.78 is 5.05. The molecular weight excluding hydrogens is 330 g/mol. The minimum absolute atomic E-state index is 0.0180. The zero-order valence-corrected chi connectivity index (χ0v) is 14.5. The average Bonchev–Trinajstić information content (AvgIpc) is 2.66. The normalized spacial score (nSPS) is 10.7. The smallest absolute Gasteiger partial charge is 0.249 e. The van der Waals surface area contributed by atoms with Gasteiger partial charge in [0.25, 0.3) is 0 Å². The fourth-order valence-electron chi connectivity index (χ4n) is 2.87. The van der Waals surface area contributed by atoms with E-state index in [1.807, 2.05) is 30.3 Å². The molecule has 0 unspecified atom stereocenters. The van der Waals surface area contributed by atoms with E-state index in [4.69, 9.17) is 9.84 Å². The maximum atomic E-state index is 12.1. The van der Waals surface area contributed by atoms with E-state index in [2.05, 4.69) is 4.98 Å². The summed E-state index contributed by atoms with van der Waals surface area (Å²) in [4.78, 5) is 14.9. The summed E-state index contributed by atoms with van der Waals surface area (Å²) in [5.41, 5.74) is 3.98. The van der Waals surface area contributed by atoms with Crippen LogP contribution >= 0.6 is 0 Å². The van der Waals surface area contributed by atoms with Crippen LogP contribution in [0, 0.1) is 0 Å². The monoisotopic (exact) mass is 351 g/mol. The summed E-state index contributed by atoms with van der Waals surface area (Å²) in [5.74, 6) is 0.398. The Kier molecular flexibility index (Phi) is 5.39. The summed E-state index contributed by atoms with van der Waals surface area (Å²) in [5, 5.41) is 18.9. The van der Waals surface area contributed by atoms with Gasteiger partial charge in [0.05, 0.1) is 7.11 Å². The van der Waals surface area contributed by atoms with Crippen LogP contribution in [-0.2, 0) is 6.42 Å². The van der Waals surface area contributed by atoms with Crippen LogP contribution in [0.4, 0.5) is 0 Å². The molecule has 3 aromatic rings. The number of benzene rings is 2. The van der Waals surface area contributed by atoms with Crippen LogP contribution < -0.4 is 10.3 Å². The lowest BCUT2D eigenvalue weighted by Crippen LogP contribution is -2.05. The highest BCUT2D eigenvalue weighted by Gasteiger charge is 2.08. The molecule has 0 aliphatic heterocycles. The maximum absolute atomic E-state index is 12.1. The number of ether oxygens (including phenoxy) is 1. The van der Waals surface area contributed by atoms with Crippen molar-refractivity contribution in [2.24, 2.45) is 0 Å². The summed E-state index contributed by atoms with van der Waals surface area (Å²) >= 11 is 0. The van der Waals surface area contributed by atoms with Gasteiger partial charge in [-0.2, -0.15) is 0 Å². The molecule has 0 saturated heterocycles. The number of methoxy groups -OCH3 is 1. The SMILES string of the molecule is COc1ccc(-c2cc(-c3ccc(CCCO)cc3)cc(=O)[nH]2)cc1O. The van der Waals surface area contributed by atoms with Crippen LogP contribution in [0.3, 0.4) is 0 Å². The molecule has 1 aromatic heterocycles. The molecule has 0 spiro atoms. The van der Waals surface area contributed by atoms with E-state index in [0.717, 1.165) is 29.5 Å². The Morgan fingerprint density at radius 2 is 1.69 bits per heavy atom. The van der Waals surface area contributed by atoms with Crippen molar-refractivity contribution < 1.29 is 14.9 Å². The standard InChI is InChI=1S/C21H21NO4/c1-26-20-9-8-16(12-19(20)24)18-11-17(13-21(25)22-18)15-6-4-14(5-7-15)3-2-10-23/h4-9,11-13,23-24H,2-3,10H2,1H3,(H,22,25). The third kappa shape index (κ3) is 3.95. The molecular formula is C21H21NO4. The first-order valence-electron chi connectivity index (χ1n) is 8.42. The van der Waals surface area contributed by atoms with Gasteiger partial charge in [0.1, 0.15) is 0 Å². The third-order valence-electron chi connectivity index (χ3n) is 4.24. The van der Waals surface area contributed by atoms with Gasteiger partial charge in [-0.15, -0.1) is 0 Å². The molecule has 0 fully saturated rings. The molecule has 0 bridgehead atoms. The van der Waals surface area contributed by atoms with E-state index in [1.54, 1.807) is 24.3 Å². The quantitative estimate of drug-likeness (QED) is 0.636. The summed E-state index contributed by atoms with van der Waals surface area (Å²) in [6, 6.07) is 16.4. The van der Waals surface area contributed by atoms with E-state index in [9.17, 15) is 9.90 Å². The number of aromatic nitrogens is 1. The Morgan fingerprint density at radius 3 is 2.35 bits per heavy atom. The van der Waals surface area contributed by atoms with Gasteiger partial charge in [-0.3, -0.25) is 4.79 Å². The Labute approximate surface area is 151 Å². The first-order valence-corrected chi connectivity index (χ1v) is 8.42. The van der Waals surface area contributed by atoms with Gasteiger partial charge in [-0.1, -0.05) is 24.3 Å². The fourth-order valence-corrected chi connectivity index (χ4v) is 2.87. The van der Waals surface area contributed by atoms with Crippen molar-refractivity contribution in [2.45, 2.75) is 12.8 Å². The molecule has 26 heavy (non-hydrogen) atoms. The van der Waals surface area contributed by atoms with Crippen molar-refractivity contribution >= 4 is 0 Å². The van der Waals surface area contributed by atoms with Gasteiger partial charge < -0.3 is 19.9 Å². The minimum Gasteiger partial charge on any atom is -0.504 e. The van der Waals surface area contributed by atoms with Gasteiger partial charge in [0.2, 0.25) is 5.56 Å². The number of phenolic OH excluding ortho intramolecular Hbond substituents is 1.